The average Bonchev–Trinajstić information content (AvgIpc) is 2.93. The lowest BCUT2D eigenvalue weighted by molar-refractivity contribution is -0.140. The number of benzene rings is 3. The van der Waals surface area contributed by atoms with Crippen LogP contribution in [0.4, 0.5) is 18.9 Å². The molecule has 3 rings (SSSR count). The molecule has 0 fully saturated rings. The normalized spacial score (nSPS) is 12.4. The molecule has 0 aliphatic carbocycles. The maximum absolute atomic E-state index is 14.1. The lowest BCUT2D eigenvalue weighted by atomic mass is 10.0. The second kappa shape index (κ2) is 15.1. The Morgan fingerprint density at radius 2 is 1.67 bits per heavy atom. The highest BCUT2D eigenvalue weighted by Crippen LogP contribution is 2.37. The van der Waals surface area contributed by atoms with Crippen molar-refractivity contribution in [1.82, 2.24) is 10.2 Å². The standard InChI is InChI=1S/C30H32BrClF3N3O4S/c1-3-4-15-36-29(40)27(17-21-9-6-5-7-10-21)37(19-22-11-8-12-23(31)16-22)28(39)20-38(43(2,41)42)24-13-14-26(32)25(18-24)30(33,34)35/h5-14,16,18,27H,3-4,15,17,19-20H2,1-2H3,(H,36,40)/t27-/m0/s1. The molecule has 3 aromatic rings. The number of carbonyl (C=O) groups excluding carboxylic acids is 2. The van der Waals surface area contributed by atoms with Gasteiger partial charge < -0.3 is 10.2 Å². The van der Waals surface area contributed by atoms with Crippen LogP contribution < -0.4 is 9.62 Å². The first-order valence-corrected chi connectivity index (χ1v) is 16.4. The Kier molecular flexibility index (Phi) is 12.1. The zero-order valence-corrected chi connectivity index (χ0v) is 26.7. The molecule has 3 aromatic carbocycles. The lowest BCUT2D eigenvalue weighted by Gasteiger charge is -2.33. The van der Waals surface area contributed by atoms with E-state index in [-0.39, 0.29) is 18.7 Å². The molecule has 0 bridgehead atoms. The fraction of sp³-hybridized carbons (Fsp3) is 0.333. The molecule has 232 valence electrons. The second-order valence-corrected chi connectivity index (χ2v) is 13.2. The first-order valence-electron chi connectivity index (χ1n) is 13.4. The monoisotopic (exact) mass is 701 g/mol. The van der Waals surface area contributed by atoms with Gasteiger partial charge in [-0.3, -0.25) is 13.9 Å². The van der Waals surface area contributed by atoms with Crippen molar-refractivity contribution in [2.45, 2.75) is 44.9 Å². The molecular weight excluding hydrogens is 671 g/mol. The summed E-state index contributed by atoms with van der Waals surface area (Å²) in [5.41, 5.74) is -0.213. The van der Waals surface area contributed by atoms with Gasteiger partial charge in [0, 0.05) is 24.0 Å². The molecule has 7 nitrogen and oxygen atoms in total. The SMILES string of the molecule is CCCCNC(=O)[C@H](Cc1ccccc1)N(Cc1cccc(Br)c1)C(=O)CN(c1ccc(Cl)c(C(F)(F)F)c1)S(C)(=O)=O. The van der Waals surface area contributed by atoms with Gasteiger partial charge in [0.2, 0.25) is 21.8 Å². The number of hydrogen-bond acceptors (Lipinski definition) is 4. The Morgan fingerprint density at radius 3 is 2.28 bits per heavy atom. The molecule has 0 unspecified atom stereocenters. The summed E-state index contributed by atoms with van der Waals surface area (Å²) in [6.07, 6.45) is -2.40. The third kappa shape index (κ3) is 9.97. The molecule has 1 N–H and O–H groups in total. The van der Waals surface area contributed by atoms with Crippen LogP contribution in [0.5, 0.6) is 0 Å². The van der Waals surface area contributed by atoms with E-state index in [4.69, 9.17) is 11.6 Å². The second-order valence-electron chi connectivity index (χ2n) is 9.93. The van der Waals surface area contributed by atoms with Crippen molar-refractivity contribution in [3.8, 4) is 0 Å². The maximum Gasteiger partial charge on any atom is 0.417 e. The van der Waals surface area contributed by atoms with Crippen LogP contribution in [-0.2, 0) is 38.8 Å². The fourth-order valence-electron chi connectivity index (χ4n) is 4.39. The number of hydrogen-bond donors (Lipinski definition) is 1. The van der Waals surface area contributed by atoms with Crippen molar-refractivity contribution in [3.63, 3.8) is 0 Å². The molecule has 2 amide bonds. The third-order valence-corrected chi connectivity index (χ3v) is 8.53. The molecule has 0 saturated heterocycles. The first kappa shape index (κ1) is 34.4. The van der Waals surface area contributed by atoms with E-state index in [1.165, 1.54) is 4.90 Å². The quantitative estimate of drug-likeness (QED) is 0.208. The van der Waals surface area contributed by atoms with Crippen molar-refractivity contribution in [2.75, 3.05) is 23.7 Å². The van der Waals surface area contributed by atoms with Crippen molar-refractivity contribution < 1.29 is 31.2 Å². The van der Waals surface area contributed by atoms with Crippen LogP contribution in [-0.4, -0.2) is 50.5 Å². The van der Waals surface area contributed by atoms with Gasteiger partial charge in [-0.25, -0.2) is 8.42 Å². The van der Waals surface area contributed by atoms with Crippen LogP contribution in [0.15, 0.2) is 77.3 Å². The van der Waals surface area contributed by atoms with Crippen LogP contribution in [0, 0.1) is 0 Å². The van der Waals surface area contributed by atoms with Crippen molar-refractivity contribution in [3.05, 3.63) is 99.0 Å². The minimum absolute atomic E-state index is 0.0665. The maximum atomic E-state index is 14.1. The van der Waals surface area contributed by atoms with Gasteiger partial charge in [-0.1, -0.05) is 83.3 Å². The number of unbranched alkanes of at least 4 members (excludes halogenated alkanes) is 1. The molecule has 0 aliphatic heterocycles. The Morgan fingerprint density at radius 1 is 1.00 bits per heavy atom. The van der Waals surface area contributed by atoms with Gasteiger partial charge in [0.1, 0.15) is 12.6 Å². The molecule has 0 aromatic heterocycles. The lowest BCUT2D eigenvalue weighted by Crippen LogP contribution is -2.53. The Bertz CT molecular complexity index is 1520. The van der Waals surface area contributed by atoms with Gasteiger partial charge in [0.25, 0.3) is 0 Å². The largest absolute Gasteiger partial charge is 0.417 e. The van der Waals surface area contributed by atoms with E-state index < -0.39 is 51.2 Å². The first-order chi connectivity index (χ1) is 20.2. The number of alkyl halides is 3. The predicted molar refractivity (Wildman–Crippen MR) is 165 cm³/mol. The van der Waals surface area contributed by atoms with E-state index >= 15 is 0 Å². The summed E-state index contributed by atoms with van der Waals surface area (Å²) in [5.74, 6) is -1.21. The predicted octanol–water partition coefficient (Wildman–Crippen LogP) is 6.44. The Hall–Kier alpha value is -3.09. The van der Waals surface area contributed by atoms with Gasteiger partial charge in [0.15, 0.2) is 0 Å². The highest BCUT2D eigenvalue weighted by atomic mass is 79.9. The number of nitrogens with zero attached hydrogens (tertiary/aromatic N) is 2. The highest BCUT2D eigenvalue weighted by molar-refractivity contribution is 9.10. The van der Waals surface area contributed by atoms with E-state index in [1.807, 2.05) is 25.1 Å². The van der Waals surface area contributed by atoms with Gasteiger partial charge in [-0.05, 0) is 47.9 Å². The molecular formula is C30H32BrClF3N3O4S. The summed E-state index contributed by atoms with van der Waals surface area (Å²) in [6.45, 7) is 1.43. The summed E-state index contributed by atoms with van der Waals surface area (Å²) in [7, 11) is -4.26. The highest BCUT2D eigenvalue weighted by Gasteiger charge is 2.36. The van der Waals surface area contributed by atoms with Gasteiger partial charge in [-0.15, -0.1) is 0 Å². The molecule has 0 aliphatic rings. The molecule has 0 saturated carbocycles. The van der Waals surface area contributed by atoms with Crippen molar-refractivity contribution in [2.24, 2.45) is 0 Å². The molecule has 0 heterocycles. The zero-order valence-electron chi connectivity index (χ0n) is 23.6. The number of anilines is 1. The summed E-state index contributed by atoms with van der Waals surface area (Å²) < 4.78 is 67.9. The summed E-state index contributed by atoms with van der Waals surface area (Å²) in [4.78, 5) is 28.9. The number of halogens is 5. The number of carbonyl (C=O) groups is 2. The van der Waals surface area contributed by atoms with E-state index in [0.29, 0.717) is 28.9 Å². The van der Waals surface area contributed by atoms with Gasteiger partial charge in [-0.2, -0.15) is 13.2 Å². The molecule has 43 heavy (non-hydrogen) atoms. The third-order valence-electron chi connectivity index (χ3n) is 6.57. The van der Waals surface area contributed by atoms with Crippen LogP contribution in [0.2, 0.25) is 5.02 Å². The van der Waals surface area contributed by atoms with E-state index in [9.17, 15) is 31.2 Å². The number of rotatable bonds is 13. The molecule has 0 radical (unpaired) electrons. The Labute approximate surface area is 263 Å². The van der Waals surface area contributed by atoms with Gasteiger partial charge in [0.05, 0.1) is 22.5 Å². The molecule has 1 atom stereocenters. The minimum Gasteiger partial charge on any atom is -0.354 e. The van der Waals surface area contributed by atoms with Crippen LogP contribution in [0.3, 0.4) is 0 Å². The number of sulfonamides is 1. The van der Waals surface area contributed by atoms with Crippen LogP contribution in [0.25, 0.3) is 0 Å². The minimum atomic E-state index is -4.86. The van der Waals surface area contributed by atoms with E-state index in [1.54, 1.807) is 36.4 Å². The van der Waals surface area contributed by atoms with E-state index in [2.05, 4.69) is 21.2 Å². The van der Waals surface area contributed by atoms with E-state index in [0.717, 1.165) is 34.8 Å². The van der Waals surface area contributed by atoms with Crippen molar-refractivity contribution in [1.29, 1.82) is 0 Å². The summed E-state index contributed by atoms with van der Waals surface area (Å²) >= 11 is 9.16. The van der Waals surface area contributed by atoms with Crippen molar-refractivity contribution >= 4 is 55.1 Å². The van der Waals surface area contributed by atoms with Gasteiger partial charge >= 0.3 is 6.18 Å². The Balaban J connectivity index is 2.08. The smallest absolute Gasteiger partial charge is 0.354 e. The fourth-order valence-corrected chi connectivity index (χ4v) is 5.90. The number of nitrogens with one attached hydrogen (secondary N) is 1. The topological polar surface area (TPSA) is 86.8 Å². The molecule has 13 heteroatoms. The summed E-state index contributed by atoms with van der Waals surface area (Å²) in [5, 5.41) is 2.26. The molecule has 0 spiro atoms. The average molecular weight is 703 g/mol. The zero-order chi connectivity index (χ0) is 31.8. The number of amides is 2. The van der Waals surface area contributed by atoms with Crippen LogP contribution >= 0.6 is 27.5 Å². The van der Waals surface area contributed by atoms with Crippen LogP contribution in [0.1, 0.15) is 36.5 Å². The summed E-state index contributed by atoms with van der Waals surface area (Å²) in [6, 6.07) is 17.7.